The molecule has 0 spiro atoms. The van der Waals surface area contributed by atoms with Gasteiger partial charge in [0.2, 0.25) is 5.91 Å². The number of hydrogen-bond donors (Lipinski definition) is 1. The highest BCUT2D eigenvalue weighted by Crippen LogP contribution is 2.37. The first-order valence-corrected chi connectivity index (χ1v) is 7.26. The number of carbonyl (C=O) groups excluding carboxylic acids is 1. The number of carbonyl (C=O) groups is 1. The zero-order valence-electron chi connectivity index (χ0n) is 12.6. The Hall–Kier alpha value is -1.55. The summed E-state index contributed by atoms with van der Waals surface area (Å²) in [4.78, 5) is 14.7. The monoisotopic (exact) mass is 276 g/mol. The summed E-state index contributed by atoms with van der Waals surface area (Å²) in [6, 6.07) is 7.67. The topological polar surface area (TPSA) is 41.6 Å². The molecule has 1 fully saturated rings. The van der Waals surface area contributed by atoms with Crippen LogP contribution < -0.4 is 15.0 Å². The van der Waals surface area contributed by atoms with Crippen molar-refractivity contribution in [3.05, 3.63) is 24.3 Å². The molecule has 1 N–H and O–H groups in total. The van der Waals surface area contributed by atoms with Gasteiger partial charge in [-0.15, -0.1) is 0 Å². The molecule has 0 aromatic heterocycles. The molecule has 110 valence electrons. The Kier molecular flexibility index (Phi) is 4.65. The summed E-state index contributed by atoms with van der Waals surface area (Å²) < 4.78 is 5.36. The van der Waals surface area contributed by atoms with Gasteiger partial charge in [0.25, 0.3) is 0 Å². The standard InChI is InChI=1S/C16H24N2O2/c1-4-16(9-11-17-12-10-16)15(19)18(2)13-7-5-6-8-14(13)20-3/h5-8,17H,4,9-12H2,1-3H3. The molecule has 4 heteroatoms. The summed E-state index contributed by atoms with van der Waals surface area (Å²) in [6.07, 6.45) is 2.69. The van der Waals surface area contributed by atoms with Crippen molar-refractivity contribution in [1.82, 2.24) is 5.32 Å². The second kappa shape index (κ2) is 6.27. The first kappa shape index (κ1) is 14.9. The third kappa shape index (κ3) is 2.66. The largest absolute Gasteiger partial charge is 0.495 e. The average Bonchev–Trinajstić information content (AvgIpc) is 2.54. The Morgan fingerprint density at radius 1 is 1.35 bits per heavy atom. The van der Waals surface area contributed by atoms with Crippen LogP contribution >= 0.6 is 0 Å². The summed E-state index contributed by atoms with van der Waals surface area (Å²) in [5.41, 5.74) is 0.604. The molecule has 0 bridgehead atoms. The molecule has 0 saturated carbocycles. The zero-order chi connectivity index (χ0) is 14.6. The third-order valence-electron chi connectivity index (χ3n) is 4.44. The second-order valence-corrected chi connectivity index (χ2v) is 5.42. The minimum Gasteiger partial charge on any atom is -0.495 e. The molecule has 0 radical (unpaired) electrons. The first-order chi connectivity index (χ1) is 9.64. The van der Waals surface area contributed by atoms with Gasteiger partial charge in [-0.2, -0.15) is 0 Å². The van der Waals surface area contributed by atoms with Crippen molar-refractivity contribution in [2.75, 3.05) is 32.1 Å². The van der Waals surface area contributed by atoms with Crippen molar-refractivity contribution in [2.45, 2.75) is 26.2 Å². The van der Waals surface area contributed by atoms with Gasteiger partial charge in [-0.3, -0.25) is 4.79 Å². The zero-order valence-corrected chi connectivity index (χ0v) is 12.6. The van der Waals surface area contributed by atoms with E-state index in [9.17, 15) is 4.79 Å². The lowest BCUT2D eigenvalue weighted by Gasteiger charge is -2.38. The lowest BCUT2D eigenvalue weighted by molar-refractivity contribution is -0.129. The second-order valence-electron chi connectivity index (χ2n) is 5.42. The van der Waals surface area contributed by atoms with Gasteiger partial charge in [0.15, 0.2) is 0 Å². The van der Waals surface area contributed by atoms with Gasteiger partial charge >= 0.3 is 0 Å². The first-order valence-electron chi connectivity index (χ1n) is 7.26. The molecule has 0 unspecified atom stereocenters. The van der Waals surface area contributed by atoms with E-state index in [2.05, 4.69) is 12.2 Å². The number of ether oxygens (including phenoxy) is 1. The molecule has 1 amide bonds. The molecule has 1 heterocycles. The molecule has 20 heavy (non-hydrogen) atoms. The van der Waals surface area contributed by atoms with E-state index in [4.69, 9.17) is 4.74 Å². The summed E-state index contributed by atoms with van der Waals surface area (Å²) in [5, 5.41) is 3.33. The van der Waals surface area contributed by atoms with Crippen molar-refractivity contribution >= 4 is 11.6 Å². The SMILES string of the molecule is CCC1(C(=O)N(C)c2ccccc2OC)CCNCC1. The highest BCUT2D eigenvalue weighted by molar-refractivity contribution is 5.98. The lowest BCUT2D eigenvalue weighted by Crippen LogP contribution is -2.48. The maximum Gasteiger partial charge on any atom is 0.233 e. The highest BCUT2D eigenvalue weighted by Gasteiger charge is 2.40. The van der Waals surface area contributed by atoms with Gasteiger partial charge in [0.05, 0.1) is 18.2 Å². The van der Waals surface area contributed by atoms with Crippen molar-refractivity contribution in [2.24, 2.45) is 5.41 Å². The van der Waals surface area contributed by atoms with E-state index in [0.29, 0.717) is 0 Å². The number of methoxy groups -OCH3 is 1. The van der Waals surface area contributed by atoms with Gasteiger partial charge in [0, 0.05) is 7.05 Å². The van der Waals surface area contributed by atoms with E-state index in [0.717, 1.165) is 43.8 Å². The Morgan fingerprint density at radius 3 is 2.60 bits per heavy atom. The number of nitrogens with one attached hydrogen (secondary N) is 1. The van der Waals surface area contributed by atoms with E-state index >= 15 is 0 Å². The van der Waals surface area contributed by atoms with Gasteiger partial charge in [-0.05, 0) is 44.5 Å². The van der Waals surface area contributed by atoms with Crippen LogP contribution in [0, 0.1) is 5.41 Å². The number of para-hydroxylation sites is 2. The number of amides is 1. The van der Waals surface area contributed by atoms with Gasteiger partial charge in [-0.1, -0.05) is 19.1 Å². The van der Waals surface area contributed by atoms with E-state index < -0.39 is 0 Å². The van der Waals surface area contributed by atoms with Crippen molar-refractivity contribution < 1.29 is 9.53 Å². The summed E-state index contributed by atoms with van der Waals surface area (Å²) in [5.74, 6) is 0.939. The van der Waals surface area contributed by atoms with Crippen LogP contribution in [0.4, 0.5) is 5.69 Å². The average molecular weight is 276 g/mol. The summed E-state index contributed by atoms with van der Waals surface area (Å²) in [6.45, 7) is 3.94. The fourth-order valence-corrected chi connectivity index (χ4v) is 3.00. The molecule has 1 aromatic carbocycles. The van der Waals surface area contributed by atoms with Crippen LogP contribution in [0.5, 0.6) is 5.75 Å². The number of nitrogens with zero attached hydrogens (tertiary/aromatic N) is 1. The van der Waals surface area contributed by atoms with E-state index in [-0.39, 0.29) is 11.3 Å². The van der Waals surface area contributed by atoms with Gasteiger partial charge in [-0.25, -0.2) is 0 Å². The van der Waals surface area contributed by atoms with Gasteiger partial charge in [0.1, 0.15) is 5.75 Å². The molecular weight excluding hydrogens is 252 g/mol. The van der Waals surface area contributed by atoms with Crippen LogP contribution in [0.3, 0.4) is 0 Å². The molecule has 1 aromatic rings. The predicted molar refractivity (Wildman–Crippen MR) is 81.2 cm³/mol. The Labute approximate surface area is 121 Å². The smallest absolute Gasteiger partial charge is 0.233 e. The van der Waals surface area contributed by atoms with Crippen LogP contribution in [0.2, 0.25) is 0 Å². The van der Waals surface area contributed by atoms with E-state index in [1.807, 2.05) is 31.3 Å². The van der Waals surface area contributed by atoms with Crippen molar-refractivity contribution in [3.8, 4) is 5.75 Å². The molecule has 0 aliphatic carbocycles. The Balaban J connectivity index is 2.27. The van der Waals surface area contributed by atoms with Gasteiger partial charge < -0.3 is 15.0 Å². The van der Waals surface area contributed by atoms with E-state index in [1.165, 1.54) is 0 Å². The number of benzene rings is 1. The maximum atomic E-state index is 13.0. The number of hydrogen-bond acceptors (Lipinski definition) is 3. The molecule has 1 aliphatic heterocycles. The number of rotatable bonds is 4. The predicted octanol–water partition coefficient (Wildman–Crippen LogP) is 2.44. The molecule has 4 nitrogen and oxygen atoms in total. The number of piperidine rings is 1. The lowest BCUT2D eigenvalue weighted by atomic mass is 9.75. The third-order valence-corrected chi connectivity index (χ3v) is 4.44. The fraction of sp³-hybridized carbons (Fsp3) is 0.562. The van der Waals surface area contributed by atoms with Crippen molar-refractivity contribution in [3.63, 3.8) is 0 Å². The molecule has 2 rings (SSSR count). The Morgan fingerprint density at radius 2 is 2.00 bits per heavy atom. The quantitative estimate of drug-likeness (QED) is 0.918. The van der Waals surface area contributed by atoms with Crippen molar-refractivity contribution in [1.29, 1.82) is 0 Å². The minimum absolute atomic E-state index is 0.200. The fourth-order valence-electron chi connectivity index (χ4n) is 3.00. The molecule has 1 aliphatic rings. The van der Waals surface area contributed by atoms with Crippen LogP contribution in [0.15, 0.2) is 24.3 Å². The summed E-state index contributed by atoms with van der Waals surface area (Å²) in [7, 11) is 3.48. The number of anilines is 1. The Bertz CT molecular complexity index is 467. The molecule has 0 atom stereocenters. The van der Waals surface area contributed by atoms with Crippen LogP contribution in [0.25, 0.3) is 0 Å². The maximum absolute atomic E-state index is 13.0. The summed E-state index contributed by atoms with van der Waals surface area (Å²) >= 11 is 0. The van der Waals surface area contributed by atoms with Crippen LogP contribution in [-0.2, 0) is 4.79 Å². The normalized spacial score (nSPS) is 17.6. The minimum atomic E-state index is -0.235. The van der Waals surface area contributed by atoms with Crippen LogP contribution in [0.1, 0.15) is 26.2 Å². The highest BCUT2D eigenvalue weighted by atomic mass is 16.5. The molecule has 1 saturated heterocycles. The van der Waals surface area contributed by atoms with Crippen LogP contribution in [-0.4, -0.2) is 33.2 Å². The van der Waals surface area contributed by atoms with E-state index in [1.54, 1.807) is 12.0 Å². The molecular formula is C16H24N2O2.